The summed E-state index contributed by atoms with van der Waals surface area (Å²) in [5.74, 6) is -1.58. The van der Waals surface area contributed by atoms with Gasteiger partial charge in [-0.15, -0.1) is 5.10 Å². The molecule has 0 saturated carbocycles. The van der Waals surface area contributed by atoms with E-state index >= 15 is 0 Å². The molecule has 1 saturated heterocycles. The summed E-state index contributed by atoms with van der Waals surface area (Å²) >= 11 is 0. The number of amides is 1. The fourth-order valence-electron chi connectivity index (χ4n) is 2.95. The molecular weight excluding hydrogens is 358 g/mol. The second kappa shape index (κ2) is 7.50. The fourth-order valence-corrected chi connectivity index (χ4v) is 2.95. The Morgan fingerprint density at radius 3 is 2.78 bits per heavy atom. The lowest BCUT2D eigenvalue weighted by atomic mass is 9.86. The Morgan fingerprint density at radius 1 is 1.37 bits per heavy atom. The number of aliphatic carboxylic acids is 1. The van der Waals surface area contributed by atoms with Gasteiger partial charge in [-0.2, -0.15) is 0 Å². The number of nitro groups is 1. The van der Waals surface area contributed by atoms with E-state index in [2.05, 4.69) is 15.6 Å². The van der Waals surface area contributed by atoms with Crippen LogP contribution in [-0.4, -0.2) is 55.7 Å². The number of nitrogens with zero attached hydrogens (tertiary/aromatic N) is 4. The molecular formula is C16H17N5O6. The average molecular weight is 375 g/mol. The number of nitrogens with one attached hydrogen (secondary N) is 1. The summed E-state index contributed by atoms with van der Waals surface area (Å²) in [7, 11) is 0. The smallest absolute Gasteiger partial charge is 0.305 e. The van der Waals surface area contributed by atoms with Gasteiger partial charge in [0.2, 0.25) is 0 Å². The second-order valence-corrected chi connectivity index (χ2v) is 6.24. The molecule has 2 N–H and O–H groups in total. The Labute approximate surface area is 153 Å². The van der Waals surface area contributed by atoms with Crippen LogP contribution in [0.5, 0.6) is 0 Å². The van der Waals surface area contributed by atoms with Gasteiger partial charge in [-0.25, -0.2) is 4.68 Å². The number of aromatic nitrogens is 3. The summed E-state index contributed by atoms with van der Waals surface area (Å²) in [4.78, 5) is 34.1. The number of nitro benzene ring substituents is 1. The molecule has 1 aromatic heterocycles. The third-order valence-corrected chi connectivity index (χ3v) is 4.35. The zero-order valence-corrected chi connectivity index (χ0v) is 14.2. The Bertz CT molecular complexity index is 874. The standard InChI is InChI=1S/C16H17N5O6/c22-14(23)9-16(4-6-27-7-5-16)17-15(24)13-10-20(19-18-13)11-2-1-3-12(8-11)21(25)26/h1-3,8,10H,4-7,9H2,(H,17,24)(H,22,23). The number of rotatable bonds is 6. The van der Waals surface area contributed by atoms with Crippen molar-refractivity contribution in [3.63, 3.8) is 0 Å². The van der Waals surface area contributed by atoms with Gasteiger partial charge >= 0.3 is 5.97 Å². The number of ether oxygens (including phenoxy) is 1. The fraction of sp³-hybridized carbons (Fsp3) is 0.375. The topological polar surface area (TPSA) is 149 Å². The van der Waals surface area contributed by atoms with E-state index in [0.717, 1.165) is 0 Å². The summed E-state index contributed by atoms with van der Waals surface area (Å²) in [6, 6.07) is 5.74. The number of carbonyl (C=O) groups is 2. The van der Waals surface area contributed by atoms with Crippen molar-refractivity contribution in [2.24, 2.45) is 0 Å². The summed E-state index contributed by atoms with van der Waals surface area (Å²) < 4.78 is 6.50. The van der Waals surface area contributed by atoms with Crippen LogP contribution in [0.15, 0.2) is 30.5 Å². The van der Waals surface area contributed by atoms with Crippen LogP contribution in [0.25, 0.3) is 5.69 Å². The van der Waals surface area contributed by atoms with E-state index in [1.807, 2.05) is 0 Å². The number of benzene rings is 1. The van der Waals surface area contributed by atoms with Gasteiger partial charge in [0.15, 0.2) is 5.69 Å². The minimum atomic E-state index is -1.02. The number of carboxylic acids is 1. The SMILES string of the molecule is O=C(O)CC1(NC(=O)c2cn(-c3cccc([N+](=O)[O-])c3)nn2)CCOCC1. The zero-order valence-electron chi connectivity index (χ0n) is 14.2. The van der Waals surface area contributed by atoms with E-state index in [1.54, 1.807) is 6.07 Å². The lowest BCUT2D eigenvalue weighted by Gasteiger charge is -2.36. The third kappa shape index (κ3) is 4.26. The lowest BCUT2D eigenvalue weighted by Crippen LogP contribution is -2.53. The molecule has 0 spiro atoms. The van der Waals surface area contributed by atoms with Crippen molar-refractivity contribution in [1.29, 1.82) is 0 Å². The van der Waals surface area contributed by atoms with E-state index in [-0.39, 0.29) is 17.8 Å². The van der Waals surface area contributed by atoms with Crippen molar-refractivity contribution in [2.45, 2.75) is 24.8 Å². The quantitative estimate of drug-likeness (QED) is 0.559. The molecule has 27 heavy (non-hydrogen) atoms. The van der Waals surface area contributed by atoms with E-state index < -0.39 is 22.3 Å². The molecule has 11 heteroatoms. The first-order valence-electron chi connectivity index (χ1n) is 8.18. The first-order valence-corrected chi connectivity index (χ1v) is 8.18. The molecule has 1 aliphatic heterocycles. The number of non-ortho nitro benzene ring substituents is 1. The van der Waals surface area contributed by atoms with Gasteiger partial charge in [0, 0.05) is 25.3 Å². The van der Waals surface area contributed by atoms with Gasteiger partial charge < -0.3 is 15.2 Å². The minimum Gasteiger partial charge on any atom is -0.481 e. The zero-order chi connectivity index (χ0) is 19.4. The maximum Gasteiger partial charge on any atom is 0.305 e. The molecule has 1 amide bonds. The number of hydrogen-bond acceptors (Lipinski definition) is 7. The third-order valence-electron chi connectivity index (χ3n) is 4.35. The summed E-state index contributed by atoms with van der Waals surface area (Å²) in [5, 5.41) is 30.4. The normalized spacial score (nSPS) is 15.9. The maximum atomic E-state index is 12.6. The maximum absolute atomic E-state index is 12.6. The van der Waals surface area contributed by atoms with E-state index in [0.29, 0.717) is 31.7 Å². The second-order valence-electron chi connectivity index (χ2n) is 6.24. The van der Waals surface area contributed by atoms with Crippen molar-refractivity contribution < 1.29 is 24.4 Å². The number of hydrogen-bond donors (Lipinski definition) is 2. The molecule has 3 rings (SSSR count). The first kappa shape index (κ1) is 18.5. The van der Waals surface area contributed by atoms with Crippen molar-refractivity contribution in [1.82, 2.24) is 20.3 Å². The van der Waals surface area contributed by atoms with Crippen molar-refractivity contribution in [3.8, 4) is 5.69 Å². The van der Waals surface area contributed by atoms with Crippen LogP contribution in [0.1, 0.15) is 29.8 Å². The minimum absolute atomic E-state index is 0.0160. The largest absolute Gasteiger partial charge is 0.481 e. The molecule has 2 heterocycles. The highest BCUT2D eigenvalue weighted by Gasteiger charge is 2.37. The highest BCUT2D eigenvalue weighted by atomic mass is 16.6. The van der Waals surface area contributed by atoms with E-state index in [9.17, 15) is 19.7 Å². The molecule has 0 bridgehead atoms. The van der Waals surface area contributed by atoms with Crippen LogP contribution < -0.4 is 5.32 Å². The molecule has 0 aliphatic carbocycles. The van der Waals surface area contributed by atoms with E-state index in [1.165, 1.54) is 29.1 Å². The molecule has 2 aromatic rings. The predicted molar refractivity (Wildman–Crippen MR) is 90.5 cm³/mol. The summed E-state index contributed by atoms with van der Waals surface area (Å²) in [6.45, 7) is 0.710. The van der Waals surface area contributed by atoms with Crippen LogP contribution >= 0.6 is 0 Å². The van der Waals surface area contributed by atoms with Crippen LogP contribution in [0.3, 0.4) is 0 Å². The van der Waals surface area contributed by atoms with Crippen LogP contribution in [-0.2, 0) is 9.53 Å². The van der Waals surface area contributed by atoms with E-state index in [4.69, 9.17) is 9.84 Å². The van der Waals surface area contributed by atoms with Crippen LogP contribution in [0, 0.1) is 10.1 Å². The molecule has 11 nitrogen and oxygen atoms in total. The molecule has 0 unspecified atom stereocenters. The highest BCUT2D eigenvalue weighted by Crippen LogP contribution is 2.25. The summed E-state index contributed by atoms with van der Waals surface area (Å²) in [5.41, 5.74) is -0.660. The molecule has 1 fully saturated rings. The van der Waals surface area contributed by atoms with Gasteiger partial charge in [0.05, 0.1) is 28.8 Å². The van der Waals surface area contributed by atoms with Gasteiger partial charge in [-0.3, -0.25) is 19.7 Å². The van der Waals surface area contributed by atoms with Gasteiger partial charge in [0.1, 0.15) is 0 Å². The Morgan fingerprint density at radius 2 is 2.11 bits per heavy atom. The highest BCUT2D eigenvalue weighted by molar-refractivity contribution is 5.92. The molecule has 142 valence electrons. The Hall–Kier alpha value is -3.34. The first-order chi connectivity index (χ1) is 12.9. The lowest BCUT2D eigenvalue weighted by molar-refractivity contribution is -0.384. The van der Waals surface area contributed by atoms with Gasteiger partial charge in [0.25, 0.3) is 11.6 Å². The van der Waals surface area contributed by atoms with Crippen LogP contribution in [0.4, 0.5) is 5.69 Å². The molecule has 0 atom stereocenters. The van der Waals surface area contributed by atoms with Crippen LogP contribution in [0.2, 0.25) is 0 Å². The average Bonchev–Trinajstić information content (AvgIpc) is 3.12. The van der Waals surface area contributed by atoms with Crippen molar-refractivity contribution >= 4 is 17.6 Å². The number of carbonyl (C=O) groups excluding carboxylic acids is 1. The Balaban J connectivity index is 1.79. The summed E-state index contributed by atoms with van der Waals surface area (Å²) in [6.07, 6.45) is 1.87. The molecule has 0 radical (unpaired) electrons. The van der Waals surface area contributed by atoms with Crippen molar-refractivity contribution in [2.75, 3.05) is 13.2 Å². The molecule has 1 aliphatic rings. The predicted octanol–water partition coefficient (Wildman–Crippen LogP) is 0.929. The van der Waals surface area contributed by atoms with Gasteiger partial charge in [-0.1, -0.05) is 11.3 Å². The van der Waals surface area contributed by atoms with Gasteiger partial charge in [-0.05, 0) is 18.9 Å². The molecule has 1 aromatic carbocycles. The van der Waals surface area contributed by atoms with Crippen molar-refractivity contribution in [3.05, 3.63) is 46.3 Å². The monoisotopic (exact) mass is 375 g/mol. The number of carboxylic acid groups (broad SMARTS) is 1. The Kier molecular flexibility index (Phi) is 5.12.